The van der Waals surface area contributed by atoms with Gasteiger partial charge in [-0.1, -0.05) is 0 Å². The molecule has 1 aromatic rings. The Morgan fingerprint density at radius 1 is 1.32 bits per heavy atom. The molecule has 0 saturated heterocycles. The molecule has 0 radical (unpaired) electrons. The molecule has 0 aromatic carbocycles. The van der Waals surface area contributed by atoms with E-state index < -0.39 is 5.97 Å². The van der Waals surface area contributed by atoms with Crippen LogP contribution in [-0.2, 0) is 14.2 Å². The summed E-state index contributed by atoms with van der Waals surface area (Å²) in [6, 6.07) is 0. The number of oxazole rings is 1. The van der Waals surface area contributed by atoms with E-state index in [1.54, 1.807) is 14.0 Å². The first-order valence-electron chi connectivity index (χ1n) is 6.10. The first kappa shape index (κ1) is 15.5. The molecule has 0 aliphatic rings. The molecule has 0 spiro atoms. The topological polar surface area (TPSA) is 80.0 Å². The van der Waals surface area contributed by atoms with Crippen LogP contribution in [0.5, 0.6) is 6.08 Å². The minimum atomic E-state index is -0.531. The maximum absolute atomic E-state index is 11.3. The van der Waals surface area contributed by atoms with Crippen molar-refractivity contribution in [3.63, 3.8) is 0 Å². The van der Waals surface area contributed by atoms with Gasteiger partial charge in [0.1, 0.15) is 12.9 Å². The van der Waals surface area contributed by atoms with Gasteiger partial charge in [-0.25, -0.2) is 4.79 Å². The summed E-state index contributed by atoms with van der Waals surface area (Å²) in [6.45, 7) is 4.00. The van der Waals surface area contributed by atoms with Crippen LogP contribution in [0.4, 0.5) is 0 Å². The Balaban J connectivity index is 2.14. The van der Waals surface area contributed by atoms with E-state index in [4.69, 9.17) is 23.4 Å². The fourth-order valence-corrected chi connectivity index (χ4v) is 1.22. The highest BCUT2D eigenvalue weighted by atomic mass is 16.6. The third kappa shape index (κ3) is 6.21. The standard InChI is InChI=1S/C12H19NO6/c1-3-17-11(14)10-9-19-12(13-10)18-8-7-16-6-4-5-15-2/h9H,3-8H2,1-2H3. The smallest absolute Gasteiger partial charge is 0.394 e. The second-order valence-electron chi connectivity index (χ2n) is 3.53. The van der Waals surface area contributed by atoms with E-state index in [9.17, 15) is 4.79 Å². The third-order valence-electron chi connectivity index (χ3n) is 2.06. The van der Waals surface area contributed by atoms with E-state index >= 15 is 0 Å². The van der Waals surface area contributed by atoms with Crippen LogP contribution in [0.2, 0.25) is 0 Å². The molecule has 0 fully saturated rings. The van der Waals surface area contributed by atoms with Gasteiger partial charge in [-0.05, 0) is 13.3 Å². The number of methoxy groups -OCH3 is 1. The molecule has 0 aliphatic carbocycles. The predicted molar refractivity (Wildman–Crippen MR) is 65.3 cm³/mol. The van der Waals surface area contributed by atoms with Gasteiger partial charge in [0.05, 0.1) is 13.2 Å². The van der Waals surface area contributed by atoms with Gasteiger partial charge >= 0.3 is 12.0 Å². The fourth-order valence-electron chi connectivity index (χ4n) is 1.22. The summed E-state index contributed by atoms with van der Waals surface area (Å²) < 4.78 is 25.1. The highest BCUT2D eigenvalue weighted by Gasteiger charge is 2.13. The molecule has 19 heavy (non-hydrogen) atoms. The van der Waals surface area contributed by atoms with E-state index in [1.165, 1.54) is 6.26 Å². The molecule has 7 heteroatoms. The molecule has 0 bridgehead atoms. The van der Waals surface area contributed by atoms with Gasteiger partial charge in [0.25, 0.3) is 0 Å². The summed E-state index contributed by atoms with van der Waals surface area (Å²) in [6.07, 6.45) is 2.07. The van der Waals surface area contributed by atoms with E-state index in [-0.39, 0.29) is 18.4 Å². The van der Waals surface area contributed by atoms with Crippen LogP contribution in [0.1, 0.15) is 23.8 Å². The molecule has 0 aliphatic heterocycles. The lowest BCUT2D eigenvalue weighted by Gasteiger charge is -2.03. The van der Waals surface area contributed by atoms with Crippen molar-refractivity contribution in [2.75, 3.05) is 40.1 Å². The number of hydrogen-bond acceptors (Lipinski definition) is 7. The van der Waals surface area contributed by atoms with Crippen molar-refractivity contribution in [1.29, 1.82) is 0 Å². The Hall–Kier alpha value is -1.60. The van der Waals surface area contributed by atoms with Gasteiger partial charge in [0.2, 0.25) is 0 Å². The summed E-state index contributed by atoms with van der Waals surface area (Å²) in [5.41, 5.74) is 0.0952. The molecular formula is C12H19NO6. The Bertz CT molecular complexity index is 365. The van der Waals surface area contributed by atoms with Crippen molar-refractivity contribution in [2.24, 2.45) is 0 Å². The van der Waals surface area contributed by atoms with Gasteiger partial charge in [-0.15, -0.1) is 0 Å². The van der Waals surface area contributed by atoms with Crippen LogP contribution in [0.15, 0.2) is 10.7 Å². The van der Waals surface area contributed by atoms with Crippen molar-refractivity contribution >= 4 is 5.97 Å². The maximum Gasteiger partial charge on any atom is 0.394 e. The van der Waals surface area contributed by atoms with Crippen molar-refractivity contribution in [1.82, 2.24) is 4.98 Å². The van der Waals surface area contributed by atoms with Crippen LogP contribution in [0.25, 0.3) is 0 Å². The van der Waals surface area contributed by atoms with E-state index in [0.717, 1.165) is 6.42 Å². The minimum Gasteiger partial charge on any atom is -0.461 e. The van der Waals surface area contributed by atoms with Gasteiger partial charge in [0.15, 0.2) is 5.69 Å². The molecule has 0 unspecified atom stereocenters. The molecule has 1 aromatic heterocycles. The fraction of sp³-hybridized carbons (Fsp3) is 0.667. The number of hydrogen-bond donors (Lipinski definition) is 0. The van der Waals surface area contributed by atoms with Gasteiger partial charge in [0, 0.05) is 20.3 Å². The van der Waals surface area contributed by atoms with Crippen molar-refractivity contribution in [3.8, 4) is 6.08 Å². The first-order valence-corrected chi connectivity index (χ1v) is 6.10. The number of ether oxygens (including phenoxy) is 4. The number of esters is 1. The molecule has 0 saturated carbocycles. The van der Waals surface area contributed by atoms with E-state index in [0.29, 0.717) is 26.4 Å². The lowest BCUT2D eigenvalue weighted by molar-refractivity contribution is 0.0518. The average Bonchev–Trinajstić information content (AvgIpc) is 2.87. The highest BCUT2D eigenvalue weighted by Crippen LogP contribution is 2.10. The molecule has 1 rings (SSSR count). The number of carbonyl (C=O) groups excluding carboxylic acids is 1. The third-order valence-corrected chi connectivity index (χ3v) is 2.06. The zero-order valence-corrected chi connectivity index (χ0v) is 11.2. The lowest BCUT2D eigenvalue weighted by atomic mass is 10.5. The Morgan fingerprint density at radius 3 is 2.89 bits per heavy atom. The first-order chi connectivity index (χ1) is 9.27. The van der Waals surface area contributed by atoms with Gasteiger partial charge in [-0.3, -0.25) is 0 Å². The van der Waals surface area contributed by atoms with Crippen molar-refractivity contribution < 1.29 is 28.2 Å². The molecule has 1 heterocycles. The maximum atomic E-state index is 11.3. The lowest BCUT2D eigenvalue weighted by Crippen LogP contribution is -2.09. The zero-order chi connectivity index (χ0) is 13.9. The van der Waals surface area contributed by atoms with E-state index in [2.05, 4.69) is 4.98 Å². The quantitative estimate of drug-likeness (QED) is 0.469. The second-order valence-corrected chi connectivity index (χ2v) is 3.53. The Kier molecular flexibility index (Phi) is 7.60. The van der Waals surface area contributed by atoms with Crippen molar-refractivity contribution in [3.05, 3.63) is 12.0 Å². The zero-order valence-electron chi connectivity index (χ0n) is 11.2. The largest absolute Gasteiger partial charge is 0.461 e. The Labute approximate surface area is 111 Å². The van der Waals surface area contributed by atoms with Crippen LogP contribution in [-0.4, -0.2) is 51.1 Å². The minimum absolute atomic E-state index is 0.0311. The number of nitrogens with zero attached hydrogens (tertiary/aromatic N) is 1. The number of aromatic nitrogens is 1. The molecule has 7 nitrogen and oxygen atoms in total. The monoisotopic (exact) mass is 273 g/mol. The van der Waals surface area contributed by atoms with E-state index in [1.807, 2.05) is 0 Å². The molecule has 108 valence electrons. The number of rotatable bonds is 10. The summed E-state index contributed by atoms with van der Waals surface area (Å²) >= 11 is 0. The van der Waals surface area contributed by atoms with Gasteiger partial charge in [-0.2, -0.15) is 4.98 Å². The van der Waals surface area contributed by atoms with Crippen LogP contribution >= 0.6 is 0 Å². The van der Waals surface area contributed by atoms with Crippen LogP contribution in [0.3, 0.4) is 0 Å². The Morgan fingerprint density at radius 2 is 2.16 bits per heavy atom. The SMILES string of the molecule is CCOC(=O)c1coc(OCCOCCCOC)n1. The van der Waals surface area contributed by atoms with Crippen LogP contribution in [0, 0.1) is 0 Å². The van der Waals surface area contributed by atoms with Gasteiger partial charge < -0.3 is 23.4 Å². The highest BCUT2D eigenvalue weighted by molar-refractivity contribution is 5.86. The second kappa shape index (κ2) is 9.35. The predicted octanol–water partition coefficient (Wildman–Crippen LogP) is 1.28. The number of carbonyl (C=O) groups is 1. The molecule has 0 amide bonds. The van der Waals surface area contributed by atoms with Crippen molar-refractivity contribution in [2.45, 2.75) is 13.3 Å². The van der Waals surface area contributed by atoms with Crippen LogP contribution < -0.4 is 4.74 Å². The summed E-state index contributed by atoms with van der Waals surface area (Å²) in [7, 11) is 1.65. The molecule has 0 atom stereocenters. The summed E-state index contributed by atoms with van der Waals surface area (Å²) in [5.74, 6) is -0.531. The average molecular weight is 273 g/mol. The summed E-state index contributed by atoms with van der Waals surface area (Å²) in [4.78, 5) is 15.1. The molecule has 0 N–H and O–H groups in total. The summed E-state index contributed by atoms with van der Waals surface area (Å²) in [5, 5.41) is 0. The normalized spacial score (nSPS) is 10.4. The molecular weight excluding hydrogens is 254 g/mol.